The van der Waals surface area contributed by atoms with Gasteiger partial charge in [-0.1, -0.05) is 37.3 Å². The molecule has 2 aromatic rings. The molecule has 0 saturated carbocycles. The van der Waals surface area contributed by atoms with Crippen molar-refractivity contribution in [1.82, 2.24) is 5.32 Å². The third-order valence-corrected chi connectivity index (χ3v) is 3.57. The van der Waals surface area contributed by atoms with E-state index >= 15 is 0 Å². The van der Waals surface area contributed by atoms with Crippen LogP contribution in [0.3, 0.4) is 0 Å². The van der Waals surface area contributed by atoms with E-state index in [1.165, 1.54) is 5.56 Å². The first-order valence-corrected chi connectivity index (χ1v) is 7.17. The minimum atomic E-state index is -0.0963. The van der Waals surface area contributed by atoms with Crippen molar-refractivity contribution in [3.8, 4) is 5.75 Å². The van der Waals surface area contributed by atoms with Crippen LogP contribution in [0.4, 0.5) is 0 Å². The third-order valence-electron chi connectivity index (χ3n) is 3.57. The second-order valence-corrected chi connectivity index (χ2v) is 5.02. The van der Waals surface area contributed by atoms with Gasteiger partial charge in [0.25, 0.3) is 5.91 Å². The maximum Gasteiger partial charge on any atom is 0.251 e. The average molecular weight is 283 g/mol. The van der Waals surface area contributed by atoms with Crippen LogP contribution in [0.25, 0.3) is 0 Å². The number of ether oxygens (including phenoxy) is 1. The summed E-state index contributed by atoms with van der Waals surface area (Å²) in [7, 11) is 1.59. The van der Waals surface area contributed by atoms with Crippen molar-refractivity contribution in [2.75, 3.05) is 7.11 Å². The number of hydrogen-bond acceptors (Lipinski definition) is 2. The minimum Gasteiger partial charge on any atom is -0.497 e. The highest BCUT2D eigenvalue weighted by Gasteiger charge is 2.11. The van der Waals surface area contributed by atoms with Gasteiger partial charge in [-0.3, -0.25) is 4.79 Å². The molecule has 1 atom stereocenters. The van der Waals surface area contributed by atoms with E-state index < -0.39 is 0 Å². The second-order valence-electron chi connectivity index (χ2n) is 5.02. The lowest BCUT2D eigenvalue weighted by Gasteiger charge is -2.15. The first-order chi connectivity index (χ1) is 10.1. The zero-order valence-electron chi connectivity index (χ0n) is 12.7. The molecular weight excluding hydrogens is 262 g/mol. The van der Waals surface area contributed by atoms with Crippen LogP contribution in [0.15, 0.2) is 48.5 Å². The van der Waals surface area contributed by atoms with E-state index in [-0.39, 0.29) is 11.9 Å². The quantitative estimate of drug-likeness (QED) is 0.907. The van der Waals surface area contributed by atoms with Crippen molar-refractivity contribution >= 4 is 5.91 Å². The Hall–Kier alpha value is -2.29. The molecule has 1 amide bonds. The molecule has 2 rings (SSSR count). The molecule has 2 aromatic carbocycles. The van der Waals surface area contributed by atoms with Gasteiger partial charge in [-0.25, -0.2) is 0 Å². The molecule has 0 aliphatic heterocycles. The van der Waals surface area contributed by atoms with Gasteiger partial charge in [0.2, 0.25) is 0 Å². The summed E-state index contributed by atoms with van der Waals surface area (Å²) >= 11 is 0. The van der Waals surface area contributed by atoms with Gasteiger partial charge < -0.3 is 10.1 Å². The average Bonchev–Trinajstić information content (AvgIpc) is 2.54. The van der Waals surface area contributed by atoms with E-state index in [1.807, 2.05) is 19.1 Å². The normalized spacial score (nSPS) is 11.8. The summed E-state index contributed by atoms with van der Waals surface area (Å²) in [4.78, 5) is 12.3. The number of amides is 1. The molecule has 0 bridgehead atoms. The highest BCUT2D eigenvalue weighted by molar-refractivity contribution is 5.94. The first-order valence-electron chi connectivity index (χ1n) is 7.17. The molecule has 110 valence electrons. The summed E-state index contributed by atoms with van der Waals surface area (Å²) in [6.45, 7) is 4.11. The van der Waals surface area contributed by atoms with E-state index in [0.29, 0.717) is 11.3 Å². The molecule has 0 saturated heterocycles. The number of aryl methyl sites for hydroxylation is 1. The Morgan fingerprint density at radius 1 is 1.19 bits per heavy atom. The predicted molar refractivity (Wildman–Crippen MR) is 84.7 cm³/mol. The molecule has 0 radical (unpaired) electrons. The van der Waals surface area contributed by atoms with Gasteiger partial charge in [-0.15, -0.1) is 0 Å². The van der Waals surface area contributed by atoms with Crippen molar-refractivity contribution in [3.05, 3.63) is 65.2 Å². The number of carbonyl (C=O) groups excluding carboxylic acids is 1. The maximum atomic E-state index is 12.3. The van der Waals surface area contributed by atoms with Crippen LogP contribution in [0, 0.1) is 0 Å². The van der Waals surface area contributed by atoms with E-state index in [9.17, 15) is 4.79 Å². The molecule has 0 fully saturated rings. The monoisotopic (exact) mass is 283 g/mol. The van der Waals surface area contributed by atoms with Crippen LogP contribution in [0.2, 0.25) is 0 Å². The topological polar surface area (TPSA) is 38.3 Å². The Balaban J connectivity index is 2.06. The largest absolute Gasteiger partial charge is 0.497 e. The molecule has 0 spiro atoms. The van der Waals surface area contributed by atoms with E-state index in [2.05, 4.69) is 36.5 Å². The SMILES string of the molecule is CCc1ccc([C@H](C)NC(=O)c2cccc(OC)c2)cc1. The fourth-order valence-electron chi connectivity index (χ4n) is 2.17. The number of rotatable bonds is 5. The smallest absolute Gasteiger partial charge is 0.251 e. The van der Waals surface area contributed by atoms with Crippen LogP contribution < -0.4 is 10.1 Å². The lowest BCUT2D eigenvalue weighted by molar-refractivity contribution is 0.0939. The number of methoxy groups -OCH3 is 1. The van der Waals surface area contributed by atoms with Crippen molar-refractivity contribution in [1.29, 1.82) is 0 Å². The number of carbonyl (C=O) groups is 1. The van der Waals surface area contributed by atoms with Crippen molar-refractivity contribution in [2.24, 2.45) is 0 Å². The number of hydrogen-bond donors (Lipinski definition) is 1. The molecule has 21 heavy (non-hydrogen) atoms. The summed E-state index contributed by atoms with van der Waals surface area (Å²) < 4.78 is 5.14. The zero-order valence-corrected chi connectivity index (χ0v) is 12.7. The highest BCUT2D eigenvalue weighted by Crippen LogP contribution is 2.16. The van der Waals surface area contributed by atoms with Crippen molar-refractivity contribution in [3.63, 3.8) is 0 Å². The zero-order chi connectivity index (χ0) is 15.2. The van der Waals surface area contributed by atoms with Gasteiger partial charge in [0.15, 0.2) is 0 Å². The Morgan fingerprint density at radius 3 is 2.52 bits per heavy atom. The van der Waals surface area contributed by atoms with E-state index in [1.54, 1.807) is 19.2 Å². The van der Waals surface area contributed by atoms with Crippen LogP contribution >= 0.6 is 0 Å². The lowest BCUT2D eigenvalue weighted by Crippen LogP contribution is -2.26. The van der Waals surface area contributed by atoms with Gasteiger partial charge in [0.1, 0.15) is 5.75 Å². The summed E-state index contributed by atoms with van der Waals surface area (Å²) in [6, 6.07) is 15.5. The molecule has 0 aliphatic rings. The molecule has 0 unspecified atom stereocenters. The Bertz CT molecular complexity index is 605. The van der Waals surface area contributed by atoms with Crippen molar-refractivity contribution < 1.29 is 9.53 Å². The Morgan fingerprint density at radius 2 is 1.90 bits per heavy atom. The molecule has 3 heteroatoms. The van der Waals surface area contributed by atoms with Crippen LogP contribution in [0.1, 0.15) is 41.4 Å². The summed E-state index contributed by atoms with van der Waals surface area (Å²) in [5, 5.41) is 3.01. The van der Waals surface area contributed by atoms with Gasteiger partial charge in [0, 0.05) is 5.56 Å². The van der Waals surface area contributed by atoms with Crippen molar-refractivity contribution in [2.45, 2.75) is 26.3 Å². The number of benzene rings is 2. The molecular formula is C18H21NO2. The molecule has 0 aliphatic carbocycles. The second kappa shape index (κ2) is 6.93. The molecule has 1 N–H and O–H groups in total. The van der Waals surface area contributed by atoms with Gasteiger partial charge >= 0.3 is 0 Å². The predicted octanol–water partition coefficient (Wildman–Crippen LogP) is 3.75. The highest BCUT2D eigenvalue weighted by atomic mass is 16.5. The van der Waals surface area contributed by atoms with Crippen LogP contribution in [-0.2, 0) is 6.42 Å². The summed E-state index contributed by atoms with van der Waals surface area (Å²) in [5.41, 5.74) is 3.00. The maximum absolute atomic E-state index is 12.3. The molecule has 3 nitrogen and oxygen atoms in total. The summed E-state index contributed by atoms with van der Waals surface area (Å²) in [6.07, 6.45) is 1.02. The first kappa shape index (κ1) is 15.1. The number of nitrogens with one attached hydrogen (secondary N) is 1. The summed E-state index contributed by atoms with van der Waals surface area (Å²) in [5.74, 6) is 0.587. The van der Waals surface area contributed by atoms with Gasteiger partial charge in [0.05, 0.1) is 13.2 Å². The Kier molecular flexibility index (Phi) is 4.99. The molecule has 0 heterocycles. The third kappa shape index (κ3) is 3.85. The standard InChI is InChI=1S/C18H21NO2/c1-4-14-8-10-15(11-9-14)13(2)19-18(20)16-6-5-7-17(12-16)21-3/h5-13H,4H2,1-3H3,(H,19,20)/t13-/m0/s1. The fraction of sp³-hybridized carbons (Fsp3) is 0.278. The minimum absolute atomic E-state index is 0.0328. The lowest BCUT2D eigenvalue weighted by atomic mass is 10.0. The van der Waals surface area contributed by atoms with Crippen LogP contribution in [0.5, 0.6) is 5.75 Å². The Labute approximate surface area is 126 Å². The fourth-order valence-corrected chi connectivity index (χ4v) is 2.17. The van der Waals surface area contributed by atoms with E-state index in [4.69, 9.17) is 4.74 Å². The van der Waals surface area contributed by atoms with E-state index in [0.717, 1.165) is 12.0 Å². The van der Waals surface area contributed by atoms with Gasteiger partial charge in [-0.05, 0) is 42.7 Å². The van der Waals surface area contributed by atoms with Crippen LogP contribution in [-0.4, -0.2) is 13.0 Å². The van der Waals surface area contributed by atoms with Gasteiger partial charge in [-0.2, -0.15) is 0 Å². The molecule has 0 aromatic heterocycles.